The SMILES string of the molecule is CCCCNC(=O)c1ccc(Nc2ccc(C)c(Br)c2)cn1. The van der Waals surface area contributed by atoms with Crippen LogP contribution in [0.2, 0.25) is 0 Å². The highest BCUT2D eigenvalue weighted by Gasteiger charge is 2.06. The van der Waals surface area contributed by atoms with E-state index in [2.05, 4.69) is 38.5 Å². The Bertz CT molecular complexity index is 641. The summed E-state index contributed by atoms with van der Waals surface area (Å²) in [6.07, 6.45) is 3.71. The van der Waals surface area contributed by atoms with E-state index < -0.39 is 0 Å². The van der Waals surface area contributed by atoms with E-state index in [1.54, 1.807) is 12.3 Å². The van der Waals surface area contributed by atoms with Gasteiger partial charge in [-0.1, -0.05) is 35.3 Å². The number of hydrogen-bond donors (Lipinski definition) is 2. The largest absolute Gasteiger partial charge is 0.354 e. The Morgan fingerprint density at radius 3 is 2.64 bits per heavy atom. The van der Waals surface area contributed by atoms with E-state index in [0.717, 1.165) is 28.7 Å². The smallest absolute Gasteiger partial charge is 0.269 e. The van der Waals surface area contributed by atoms with Gasteiger partial charge >= 0.3 is 0 Å². The second kappa shape index (κ2) is 7.94. The number of halogens is 1. The number of carbonyl (C=O) groups is 1. The van der Waals surface area contributed by atoms with Crippen LogP contribution in [-0.4, -0.2) is 17.4 Å². The zero-order chi connectivity index (χ0) is 15.9. The molecule has 1 amide bonds. The molecule has 1 aromatic carbocycles. The number of benzene rings is 1. The minimum Gasteiger partial charge on any atom is -0.354 e. The van der Waals surface area contributed by atoms with Gasteiger partial charge in [0.1, 0.15) is 5.69 Å². The summed E-state index contributed by atoms with van der Waals surface area (Å²) in [5.74, 6) is -0.127. The molecule has 4 nitrogen and oxygen atoms in total. The third-order valence-corrected chi connectivity index (χ3v) is 4.13. The molecule has 0 aliphatic carbocycles. The summed E-state index contributed by atoms with van der Waals surface area (Å²) in [5.41, 5.74) is 3.44. The number of aromatic nitrogens is 1. The van der Waals surface area contributed by atoms with E-state index in [4.69, 9.17) is 0 Å². The van der Waals surface area contributed by atoms with Crippen molar-refractivity contribution in [3.63, 3.8) is 0 Å². The molecule has 2 N–H and O–H groups in total. The fraction of sp³-hybridized carbons (Fsp3) is 0.294. The molecule has 0 fully saturated rings. The molecule has 116 valence electrons. The van der Waals surface area contributed by atoms with Crippen LogP contribution in [0.4, 0.5) is 11.4 Å². The number of rotatable bonds is 6. The Kier molecular flexibility index (Phi) is 5.95. The molecule has 2 rings (SSSR count). The van der Waals surface area contributed by atoms with Crippen molar-refractivity contribution < 1.29 is 4.79 Å². The molecule has 0 aliphatic rings. The molecule has 2 aromatic rings. The topological polar surface area (TPSA) is 54.0 Å². The van der Waals surface area contributed by atoms with Crippen molar-refractivity contribution in [1.29, 1.82) is 0 Å². The Balaban J connectivity index is 1.99. The van der Waals surface area contributed by atoms with Gasteiger partial charge in [-0.05, 0) is 43.2 Å². The Morgan fingerprint density at radius 2 is 2.00 bits per heavy atom. The molecule has 0 saturated carbocycles. The summed E-state index contributed by atoms with van der Waals surface area (Å²) in [4.78, 5) is 16.1. The number of amides is 1. The summed E-state index contributed by atoms with van der Waals surface area (Å²) in [5, 5.41) is 6.12. The number of carbonyl (C=O) groups excluding carboxylic acids is 1. The lowest BCUT2D eigenvalue weighted by Crippen LogP contribution is -2.25. The Hall–Kier alpha value is -1.88. The number of nitrogens with zero attached hydrogens (tertiary/aromatic N) is 1. The number of anilines is 2. The minimum absolute atomic E-state index is 0.127. The Morgan fingerprint density at radius 1 is 1.23 bits per heavy atom. The first kappa shape index (κ1) is 16.5. The fourth-order valence-electron chi connectivity index (χ4n) is 1.91. The van der Waals surface area contributed by atoms with E-state index in [-0.39, 0.29) is 5.91 Å². The zero-order valence-corrected chi connectivity index (χ0v) is 14.4. The quantitative estimate of drug-likeness (QED) is 0.748. The van der Waals surface area contributed by atoms with Crippen molar-refractivity contribution in [2.75, 3.05) is 11.9 Å². The van der Waals surface area contributed by atoms with Crippen LogP contribution in [0.5, 0.6) is 0 Å². The first-order chi connectivity index (χ1) is 10.6. The lowest BCUT2D eigenvalue weighted by Gasteiger charge is -2.09. The monoisotopic (exact) mass is 361 g/mol. The number of aryl methyl sites for hydroxylation is 1. The summed E-state index contributed by atoms with van der Waals surface area (Å²) < 4.78 is 1.05. The standard InChI is InChI=1S/C17H20BrN3O/c1-3-4-9-19-17(22)16-8-7-14(11-20-16)21-13-6-5-12(2)15(18)10-13/h5-8,10-11,21H,3-4,9H2,1-2H3,(H,19,22). The maximum atomic E-state index is 11.9. The van der Waals surface area contributed by atoms with Crippen molar-refractivity contribution in [3.05, 3.63) is 52.3 Å². The van der Waals surface area contributed by atoms with E-state index in [1.807, 2.05) is 31.2 Å². The van der Waals surface area contributed by atoms with Crippen molar-refractivity contribution in [3.8, 4) is 0 Å². The van der Waals surface area contributed by atoms with Gasteiger partial charge < -0.3 is 10.6 Å². The third kappa shape index (κ3) is 4.56. The van der Waals surface area contributed by atoms with Crippen LogP contribution in [0.3, 0.4) is 0 Å². The first-order valence-electron chi connectivity index (χ1n) is 7.37. The molecular formula is C17H20BrN3O. The summed E-state index contributed by atoms with van der Waals surface area (Å²) >= 11 is 3.51. The van der Waals surface area contributed by atoms with E-state index in [1.165, 1.54) is 5.56 Å². The predicted molar refractivity (Wildman–Crippen MR) is 93.6 cm³/mol. The molecule has 0 saturated heterocycles. The van der Waals surface area contributed by atoms with Gasteiger partial charge in [-0.2, -0.15) is 0 Å². The summed E-state index contributed by atoms with van der Waals surface area (Å²) in [6.45, 7) is 4.82. The van der Waals surface area contributed by atoms with Gasteiger partial charge in [-0.15, -0.1) is 0 Å². The van der Waals surface area contributed by atoms with Crippen molar-refractivity contribution in [2.45, 2.75) is 26.7 Å². The average Bonchev–Trinajstić information content (AvgIpc) is 2.52. The van der Waals surface area contributed by atoms with Crippen LogP contribution in [-0.2, 0) is 0 Å². The second-order valence-corrected chi connectivity index (χ2v) is 5.98. The van der Waals surface area contributed by atoms with Gasteiger partial charge in [0, 0.05) is 16.7 Å². The minimum atomic E-state index is -0.127. The zero-order valence-electron chi connectivity index (χ0n) is 12.8. The van der Waals surface area contributed by atoms with E-state index in [9.17, 15) is 4.79 Å². The van der Waals surface area contributed by atoms with E-state index in [0.29, 0.717) is 12.2 Å². The van der Waals surface area contributed by atoms with Crippen LogP contribution in [0.15, 0.2) is 41.0 Å². The predicted octanol–water partition coefficient (Wildman–Crippen LogP) is 4.43. The molecule has 0 unspecified atom stereocenters. The second-order valence-electron chi connectivity index (χ2n) is 5.13. The van der Waals surface area contributed by atoms with Crippen LogP contribution in [0.25, 0.3) is 0 Å². The Labute approximate surface area is 139 Å². The fourth-order valence-corrected chi connectivity index (χ4v) is 2.29. The van der Waals surface area contributed by atoms with Gasteiger partial charge in [-0.3, -0.25) is 4.79 Å². The number of unbranched alkanes of at least 4 members (excludes halogenated alkanes) is 1. The third-order valence-electron chi connectivity index (χ3n) is 3.27. The summed E-state index contributed by atoms with van der Waals surface area (Å²) in [7, 11) is 0. The van der Waals surface area contributed by atoms with Gasteiger partial charge in [0.05, 0.1) is 11.9 Å². The number of nitrogens with one attached hydrogen (secondary N) is 2. The number of hydrogen-bond acceptors (Lipinski definition) is 3. The van der Waals surface area contributed by atoms with Gasteiger partial charge in [0.2, 0.25) is 0 Å². The molecular weight excluding hydrogens is 342 g/mol. The normalized spacial score (nSPS) is 10.3. The van der Waals surface area contributed by atoms with Gasteiger partial charge in [0.25, 0.3) is 5.91 Å². The highest BCUT2D eigenvalue weighted by molar-refractivity contribution is 9.10. The molecule has 22 heavy (non-hydrogen) atoms. The van der Waals surface area contributed by atoms with Crippen molar-refractivity contribution in [1.82, 2.24) is 10.3 Å². The molecule has 0 spiro atoms. The maximum Gasteiger partial charge on any atom is 0.269 e. The molecule has 0 aliphatic heterocycles. The molecule has 0 atom stereocenters. The lowest BCUT2D eigenvalue weighted by atomic mass is 10.2. The highest BCUT2D eigenvalue weighted by Crippen LogP contribution is 2.23. The first-order valence-corrected chi connectivity index (χ1v) is 8.17. The molecule has 5 heteroatoms. The summed E-state index contributed by atoms with van der Waals surface area (Å²) in [6, 6.07) is 9.64. The van der Waals surface area contributed by atoms with Crippen LogP contribution in [0.1, 0.15) is 35.8 Å². The molecule has 0 bridgehead atoms. The van der Waals surface area contributed by atoms with Gasteiger partial charge in [0.15, 0.2) is 0 Å². The lowest BCUT2D eigenvalue weighted by molar-refractivity contribution is 0.0948. The maximum absolute atomic E-state index is 11.9. The molecule has 1 aromatic heterocycles. The molecule has 0 radical (unpaired) electrons. The van der Waals surface area contributed by atoms with E-state index >= 15 is 0 Å². The van der Waals surface area contributed by atoms with Crippen LogP contribution in [0, 0.1) is 6.92 Å². The van der Waals surface area contributed by atoms with Crippen molar-refractivity contribution in [2.24, 2.45) is 0 Å². The average molecular weight is 362 g/mol. The highest BCUT2D eigenvalue weighted by atomic mass is 79.9. The van der Waals surface area contributed by atoms with Crippen LogP contribution >= 0.6 is 15.9 Å². The van der Waals surface area contributed by atoms with Gasteiger partial charge in [-0.25, -0.2) is 4.98 Å². The van der Waals surface area contributed by atoms with Crippen LogP contribution < -0.4 is 10.6 Å². The molecule has 1 heterocycles. The van der Waals surface area contributed by atoms with Crippen molar-refractivity contribution >= 4 is 33.2 Å². The number of pyridine rings is 1.